The third-order valence-electron chi connectivity index (χ3n) is 4.01. The van der Waals surface area contributed by atoms with E-state index in [0.29, 0.717) is 0 Å². The summed E-state index contributed by atoms with van der Waals surface area (Å²) in [6, 6.07) is -2.35. The molecule has 5 atom stereocenters. The molecule has 32 heavy (non-hydrogen) atoms. The molecule has 0 aromatic rings. The Morgan fingerprint density at radius 2 is 1.75 bits per heavy atom. The summed E-state index contributed by atoms with van der Waals surface area (Å²) in [4.78, 5) is 61.4. The molecule has 1 N–H and O–H groups in total. The topological polar surface area (TPSA) is 192 Å². The van der Waals surface area contributed by atoms with Gasteiger partial charge in [0.15, 0.2) is 18.3 Å². The number of hydrogen-bond donors (Lipinski definition) is 1. The Morgan fingerprint density at radius 1 is 1.12 bits per heavy atom. The van der Waals surface area contributed by atoms with Gasteiger partial charge in [-0.05, 0) is 11.6 Å². The second kappa shape index (κ2) is 12.2. The maximum absolute atomic E-state index is 12.1. The lowest BCUT2D eigenvalue weighted by atomic mass is 9.92. The molecule has 0 saturated carbocycles. The molecule has 0 aromatic heterocycles. The maximum atomic E-state index is 12.1. The monoisotopic (exact) mass is 456 g/mol. The van der Waals surface area contributed by atoms with Crippen LogP contribution in [0, 0.1) is 0 Å². The number of carbonyl (C=O) groups is 5. The van der Waals surface area contributed by atoms with Gasteiger partial charge in [-0.25, -0.2) is 4.79 Å². The van der Waals surface area contributed by atoms with Gasteiger partial charge in [-0.15, -0.1) is 0 Å². The zero-order valence-electron chi connectivity index (χ0n) is 18.1. The third kappa shape index (κ3) is 7.80. The van der Waals surface area contributed by atoms with Crippen LogP contribution in [0.2, 0.25) is 0 Å². The number of nitrogens with one attached hydrogen (secondary N) is 1. The smallest absolute Gasteiger partial charge is 0.372 e. The van der Waals surface area contributed by atoms with E-state index in [4.69, 9.17) is 24.5 Å². The lowest BCUT2D eigenvalue weighted by Crippen LogP contribution is -2.61. The number of amides is 1. The van der Waals surface area contributed by atoms with Gasteiger partial charge < -0.3 is 29.0 Å². The molecule has 0 bridgehead atoms. The maximum Gasteiger partial charge on any atom is 0.372 e. The molecule has 0 spiro atoms. The quantitative estimate of drug-likeness (QED) is 0.163. The molecule has 0 fully saturated rings. The number of ether oxygens (including phenoxy) is 5. The summed E-state index contributed by atoms with van der Waals surface area (Å²) in [7, 11) is 1.08. The standard InChI is InChI=1S/C18H24N4O10/c1-8(23)20-15-12(21-22-19)6-13(18(27)28-5)32-17(15)16(31-11(4)26)14(30-10(3)25)7-29-9(2)24/h6,12,14-17H,7H2,1-5H3,(H,20,23)/t12-,14-,15-,16+,17-/m0/s1. The molecule has 0 unspecified atom stereocenters. The molecular weight excluding hydrogens is 432 g/mol. The number of hydrogen-bond acceptors (Lipinski definition) is 11. The highest BCUT2D eigenvalue weighted by molar-refractivity contribution is 5.86. The van der Waals surface area contributed by atoms with Crippen molar-refractivity contribution >= 4 is 29.8 Å². The van der Waals surface area contributed by atoms with E-state index >= 15 is 0 Å². The van der Waals surface area contributed by atoms with Crippen LogP contribution >= 0.6 is 0 Å². The van der Waals surface area contributed by atoms with Crippen molar-refractivity contribution in [1.82, 2.24) is 5.32 Å². The van der Waals surface area contributed by atoms with Crippen molar-refractivity contribution in [1.29, 1.82) is 0 Å². The lowest BCUT2D eigenvalue weighted by molar-refractivity contribution is -0.187. The SMILES string of the molecule is COC(=O)C1=C[C@H](N=[N+]=[N-])[C@H](NC(C)=O)[C@@H]([C@H](OC(C)=O)[C@H](COC(C)=O)OC(C)=O)O1. The van der Waals surface area contributed by atoms with Gasteiger partial charge in [-0.1, -0.05) is 5.11 Å². The lowest BCUT2D eigenvalue weighted by Gasteiger charge is -2.40. The van der Waals surface area contributed by atoms with Gasteiger partial charge in [0.2, 0.25) is 11.7 Å². The summed E-state index contributed by atoms with van der Waals surface area (Å²) < 4.78 is 25.6. The van der Waals surface area contributed by atoms with Crippen LogP contribution in [0.1, 0.15) is 27.7 Å². The second-order valence-electron chi connectivity index (χ2n) is 6.55. The average Bonchev–Trinajstić information content (AvgIpc) is 2.69. The first kappa shape index (κ1) is 26.2. The van der Waals surface area contributed by atoms with Gasteiger partial charge in [-0.3, -0.25) is 19.2 Å². The molecular formula is C18H24N4O10. The van der Waals surface area contributed by atoms with Gasteiger partial charge in [0.1, 0.15) is 6.61 Å². The third-order valence-corrected chi connectivity index (χ3v) is 4.01. The largest absolute Gasteiger partial charge is 0.477 e. The van der Waals surface area contributed by atoms with Gasteiger partial charge >= 0.3 is 23.9 Å². The molecule has 14 heteroatoms. The van der Waals surface area contributed by atoms with Crippen LogP contribution in [-0.2, 0) is 47.7 Å². The fraction of sp³-hybridized carbons (Fsp3) is 0.611. The van der Waals surface area contributed by atoms with Gasteiger partial charge in [-0.2, -0.15) is 0 Å². The predicted molar refractivity (Wildman–Crippen MR) is 103 cm³/mol. The van der Waals surface area contributed by atoms with E-state index < -0.39 is 72.5 Å². The first-order valence-corrected chi connectivity index (χ1v) is 9.26. The number of esters is 4. The van der Waals surface area contributed by atoms with Crippen LogP contribution in [0.15, 0.2) is 16.9 Å². The molecule has 0 radical (unpaired) electrons. The fourth-order valence-electron chi connectivity index (χ4n) is 2.92. The van der Waals surface area contributed by atoms with E-state index in [1.165, 1.54) is 6.92 Å². The summed E-state index contributed by atoms with van der Waals surface area (Å²) in [6.45, 7) is 3.87. The van der Waals surface area contributed by atoms with E-state index in [2.05, 4.69) is 20.1 Å². The van der Waals surface area contributed by atoms with Gasteiger partial charge in [0.05, 0.1) is 19.2 Å². The highest BCUT2D eigenvalue weighted by Crippen LogP contribution is 2.28. The van der Waals surface area contributed by atoms with Gasteiger partial charge in [0.25, 0.3) is 0 Å². The summed E-state index contributed by atoms with van der Waals surface area (Å²) in [5.74, 6) is -4.27. The van der Waals surface area contributed by atoms with E-state index in [1.807, 2.05) is 0 Å². The van der Waals surface area contributed by atoms with E-state index in [9.17, 15) is 24.0 Å². The first-order valence-electron chi connectivity index (χ1n) is 9.26. The molecule has 176 valence electrons. The van der Waals surface area contributed by atoms with Crippen molar-refractivity contribution in [3.05, 3.63) is 22.3 Å². The number of methoxy groups -OCH3 is 1. The van der Waals surface area contributed by atoms with Crippen LogP contribution < -0.4 is 5.32 Å². The Morgan fingerprint density at radius 3 is 2.22 bits per heavy atom. The summed E-state index contributed by atoms with van der Waals surface area (Å²) >= 11 is 0. The second-order valence-corrected chi connectivity index (χ2v) is 6.55. The zero-order chi connectivity index (χ0) is 24.4. The number of rotatable bonds is 9. The van der Waals surface area contributed by atoms with Crippen molar-refractivity contribution in [3.8, 4) is 0 Å². The van der Waals surface area contributed by atoms with Crippen LogP contribution in [0.4, 0.5) is 0 Å². The van der Waals surface area contributed by atoms with Crippen molar-refractivity contribution < 1.29 is 47.7 Å². The van der Waals surface area contributed by atoms with E-state index in [0.717, 1.165) is 34.0 Å². The number of nitrogens with zero attached hydrogens (tertiary/aromatic N) is 3. The fourth-order valence-corrected chi connectivity index (χ4v) is 2.92. The molecule has 0 aliphatic carbocycles. The van der Waals surface area contributed by atoms with E-state index in [-0.39, 0.29) is 0 Å². The zero-order valence-corrected chi connectivity index (χ0v) is 18.1. The Labute approximate surface area is 182 Å². The first-order chi connectivity index (χ1) is 15.0. The Hall–Kier alpha value is -3.80. The van der Waals surface area contributed by atoms with Gasteiger partial charge in [0, 0.05) is 32.6 Å². The Bertz CT molecular complexity index is 836. The average molecular weight is 456 g/mol. The summed E-state index contributed by atoms with van der Waals surface area (Å²) in [5, 5.41) is 6.07. The Kier molecular flexibility index (Phi) is 9.96. The van der Waals surface area contributed by atoms with Crippen LogP contribution in [0.3, 0.4) is 0 Å². The van der Waals surface area contributed by atoms with Crippen molar-refractivity contribution in [3.63, 3.8) is 0 Å². The molecule has 1 aliphatic heterocycles. The van der Waals surface area contributed by atoms with Crippen molar-refractivity contribution in [2.24, 2.45) is 5.11 Å². The molecule has 1 heterocycles. The van der Waals surface area contributed by atoms with Crippen molar-refractivity contribution in [2.75, 3.05) is 13.7 Å². The number of azide groups is 1. The summed E-state index contributed by atoms with van der Waals surface area (Å²) in [5.41, 5.74) is 8.94. The normalized spacial score (nSPS) is 21.3. The number of carbonyl (C=O) groups excluding carboxylic acids is 5. The highest BCUT2D eigenvalue weighted by Gasteiger charge is 2.47. The molecule has 1 amide bonds. The van der Waals surface area contributed by atoms with E-state index in [1.54, 1.807) is 0 Å². The molecule has 0 aromatic carbocycles. The molecule has 1 rings (SSSR count). The van der Waals surface area contributed by atoms with Crippen LogP contribution in [0.5, 0.6) is 0 Å². The summed E-state index contributed by atoms with van der Waals surface area (Å²) in [6.07, 6.45) is -3.19. The van der Waals surface area contributed by atoms with Crippen molar-refractivity contribution in [2.45, 2.75) is 58.1 Å². The molecule has 1 aliphatic rings. The Balaban J connectivity index is 3.57. The highest BCUT2D eigenvalue weighted by atomic mass is 16.6. The molecule has 14 nitrogen and oxygen atoms in total. The van der Waals surface area contributed by atoms with Crippen LogP contribution in [-0.4, -0.2) is 73.9 Å². The minimum Gasteiger partial charge on any atom is -0.477 e. The van der Waals surface area contributed by atoms with Crippen LogP contribution in [0.25, 0.3) is 10.4 Å². The minimum atomic E-state index is -1.50. The molecule has 0 saturated heterocycles. The predicted octanol–water partition coefficient (Wildman–Crippen LogP) is 0.0522. The minimum absolute atomic E-state index is 0.400.